The molecule has 1 aromatic carbocycles. The van der Waals surface area contributed by atoms with Crippen LogP contribution in [-0.2, 0) is 22.2 Å². The van der Waals surface area contributed by atoms with Gasteiger partial charge in [0.05, 0.1) is 11.4 Å². The van der Waals surface area contributed by atoms with E-state index in [4.69, 9.17) is 10.3 Å². The average Bonchev–Trinajstić information content (AvgIpc) is 2.96. The Morgan fingerprint density at radius 3 is 2.95 bits per heavy atom. The Labute approximate surface area is 117 Å². The number of aryl methyl sites for hydroxylation is 1. The van der Waals surface area contributed by atoms with Gasteiger partial charge in [0.1, 0.15) is 17.2 Å². The molecule has 1 aromatic heterocycles. The fraction of sp³-hybridized carbons (Fsp3) is 0.308. The van der Waals surface area contributed by atoms with Gasteiger partial charge in [0.2, 0.25) is 10.0 Å². The van der Waals surface area contributed by atoms with Crippen LogP contribution in [-0.4, -0.2) is 20.1 Å². The van der Waals surface area contributed by atoms with E-state index >= 15 is 0 Å². The quantitative estimate of drug-likeness (QED) is 0.865. The maximum Gasteiger partial charge on any atom is 0.241 e. The Bertz CT molecular complexity index is 752. The Morgan fingerprint density at radius 1 is 1.45 bits per heavy atom. The second-order valence-corrected chi connectivity index (χ2v) is 6.76. The highest BCUT2D eigenvalue weighted by Crippen LogP contribution is 2.36. The van der Waals surface area contributed by atoms with Crippen LogP contribution < -0.4 is 10.0 Å². The predicted octanol–water partition coefficient (Wildman–Crippen LogP) is 1.46. The van der Waals surface area contributed by atoms with Gasteiger partial charge < -0.3 is 10.3 Å². The zero-order valence-electron chi connectivity index (χ0n) is 11.0. The summed E-state index contributed by atoms with van der Waals surface area (Å²) in [5.74, 6) is 0.412. The van der Waals surface area contributed by atoms with Gasteiger partial charge in [-0.3, -0.25) is 4.31 Å². The number of rotatable bonds is 3. The van der Waals surface area contributed by atoms with E-state index in [9.17, 15) is 8.42 Å². The summed E-state index contributed by atoms with van der Waals surface area (Å²) in [6.45, 7) is 2.15. The van der Waals surface area contributed by atoms with Crippen LogP contribution in [0, 0.1) is 6.92 Å². The summed E-state index contributed by atoms with van der Waals surface area (Å²) >= 11 is 0. The van der Waals surface area contributed by atoms with Gasteiger partial charge in [-0.2, -0.15) is 0 Å². The molecule has 0 fully saturated rings. The molecule has 0 atom stereocenters. The minimum Gasteiger partial charge on any atom is -0.397 e. The average molecular weight is 293 g/mol. The zero-order chi connectivity index (χ0) is 14.3. The van der Waals surface area contributed by atoms with Crippen molar-refractivity contribution >= 4 is 21.4 Å². The lowest BCUT2D eigenvalue weighted by atomic mass is 10.1. The second-order valence-electron chi connectivity index (χ2n) is 4.86. The second kappa shape index (κ2) is 4.52. The van der Waals surface area contributed by atoms with Crippen LogP contribution >= 0.6 is 0 Å². The summed E-state index contributed by atoms with van der Waals surface area (Å²) in [4.78, 5) is 0. The van der Waals surface area contributed by atoms with Crippen molar-refractivity contribution in [3.05, 3.63) is 41.3 Å². The van der Waals surface area contributed by atoms with E-state index < -0.39 is 10.0 Å². The number of hydrogen-bond donors (Lipinski definition) is 1. The molecule has 20 heavy (non-hydrogen) atoms. The highest BCUT2D eigenvalue weighted by Gasteiger charge is 2.31. The van der Waals surface area contributed by atoms with E-state index in [1.54, 1.807) is 19.1 Å². The van der Waals surface area contributed by atoms with Crippen molar-refractivity contribution in [2.75, 3.05) is 16.6 Å². The van der Waals surface area contributed by atoms with Crippen LogP contribution in [0.2, 0.25) is 0 Å². The third-order valence-electron chi connectivity index (χ3n) is 3.33. The Kier molecular flexibility index (Phi) is 2.93. The van der Waals surface area contributed by atoms with Crippen LogP contribution in [0.3, 0.4) is 0 Å². The molecule has 1 aliphatic heterocycles. The first-order chi connectivity index (χ1) is 9.47. The van der Waals surface area contributed by atoms with Gasteiger partial charge in [0, 0.05) is 12.6 Å². The standard InChI is InChI=1S/C13H15N3O3S/c1-9-7-11(15-19-9)8-20(17,18)16-6-5-10-3-2-4-12(14)13(10)16/h2-4,7H,5-6,8,14H2,1H3. The minimum absolute atomic E-state index is 0.182. The van der Waals surface area contributed by atoms with Crippen LogP contribution in [0.1, 0.15) is 17.0 Å². The first-order valence-corrected chi connectivity index (χ1v) is 7.88. The monoisotopic (exact) mass is 293 g/mol. The lowest BCUT2D eigenvalue weighted by molar-refractivity contribution is 0.392. The van der Waals surface area contributed by atoms with Gasteiger partial charge in [0.25, 0.3) is 0 Å². The fourth-order valence-electron chi connectivity index (χ4n) is 2.48. The minimum atomic E-state index is -3.50. The maximum atomic E-state index is 12.5. The Morgan fingerprint density at radius 2 is 2.25 bits per heavy atom. The lowest BCUT2D eigenvalue weighted by Gasteiger charge is -2.20. The van der Waals surface area contributed by atoms with Crippen LogP contribution in [0.4, 0.5) is 11.4 Å². The van der Waals surface area contributed by atoms with Gasteiger partial charge in [-0.1, -0.05) is 17.3 Å². The van der Waals surface area contributed by atoms with E-state index in [1.807, 2.05) is 12.1 Å². The van der Waals surface area contributed by atoms with Gasteiger partial charge >= 0.3 is 0 Å². The summed E-state index contributed by atoms with van der Waals surface area (Å²) in [5, 5.41) is 3.74. The van der Waals surface area contributed by atoms with Gasteiger partial charge in [0.15, 0.2) is 0 Å². The SMILES string of the molecule is Cc1cc(CS(=O)(=O)N2CCc3cccc(N)c32)no1. The molecule has 3 rings (SSSR count). The number of benzene rings is 1. The number of para-hydroxylation sites is 1. The first kappa shape index (κ1) is 13.0. The summed E-state index contributed by atoms with van der Waals surface area (Å²) in [6.07, 6.45) is 0.678. The summed E-state index contributed by atoms with van der Waals surface area (Å²) in [7, 11) is -3.50. The van der Waals surface area contributed by atoms with Crippen molar-refractivity contribution in [3.8, 4) is 0 Å². The number of aromatic nitrogens is 1. The molecule has 0 spiro atoms. The van der Waals surface area contributed by atoms with Crippen LogP contribution in [0.25, 0.3) is 0 Å². The summed E-state index contributed by atoms with van der Waals surface area (Å²) < 4.78 is 31.3. The van der Waals surface area contributed by atoms with E-state index in [-0.39, 0.29) is 5.75 Å². The van der Waals surface area contributed by atoms with Crippen molar-refractivity contribution < 1.29 is 12.9 Å². The maximum absolute atomic E-state index is 12.5. The van der Waals surface area contributed by atoms with E-state index in [0.717, 1.165) is 5.56 Å². The predicted molar refractivity (Wildman–Crippen MR) is 75.8 cm³/mol. The van der Waals surface area contributed by atoms with Gasteiger partial charge in [-0.05, 0) is 25.0 Å². The number of nitrogens with two attached hydrogens (primary N) is 1. The van der Waals surface area contributed by atoms with E-state index in [2.05, 4.69) is 5.16 Å². The van der Waals surface area contributed by atoms with Gasteiger partial charge in [-0.15, -0.1) is 0 Å². The Balaban J connectivity index is 1.95. The molecule has 0 radical (unpaired) electrons. The summed E-state index contributed by atoms with van der Waals surface area (Å²) in [6, 6.07) is 7.09. The van der Waals surface area contributed by atoms with Crippen molar-refractivity contribution in [1.29, 1.82) is 0 Å². The van der Waals surface area contributed by atoms with Crippen LogP contribution in [0.15, 0.2) is 28.8 Å². The molecule has 1 aliphatic rings. The number of hydrogen-bond acceptors (Lipinski definition) is 5. The molecule has 0 saturated heterocycles. The third-order valence-corrected chi connectivity index (χ3v) is 5.02. The van der Waals surface area contributed by atoms with Crippen molar-refractivity contribution in [1.82, 2.24) is 5.16 Å². The number of nitrogen functional groups attached to an aromatic ring is 1. The summed E-state index contributed by atoms with van der Waals surface area (Å²) in [5.41, 5.74) is 8.38. The third kappa shape index (κ3) is 2.14. The molecule has 106 valence electrons. The molecule has 0 bridgehead atoms. The molecule has 2 N–H and O–H groups in total. The molecule has 0 unspecified atom stereocenters. The lowest BCUT2D eigenvalue weighted by Crippen LogP contribution is -2.30. The zero-order valence-corrected chi connectivity index (χ0v) is 11.9. The molecular formula is C13H15N3O3S. The molecule has 0 saturated carbocycles. The molecule has 0 amide bonds. The Hall–Kier alpha value is -2.02. The van der Waals surface area contributed by atoms with Crippen LogP contribution in [0.5, 0.6) is 0 Å². The van der Waals surface area contributed by atoms with Gasteiger partial charge in [-0.25, -0.2) is 8.42 Å². The van der Waals surface area contributed by atoms with Crippen molar-refractivity contribution in [3.63, 3.8) is 0 Å². The van der Waals surface area contributed by atoms with E-state index in [1.165, 1.54) is 4.31 Å². The molecule has 0 aliphatic carbocycles. The highest BCUT2D eigenvalue weighted by atomic mass is 32.2. The molecular weight excluding hydrogens is 278 g/mol. The number of anilines is 2. The molecule has 2 heterocycles. The number of sulfonamides is 1. The smallest absolute Gasteiger partial charge is 0.241 e. The topological polar surface area (TPSA) is 89.4 Å². The molecule has 2 aromatic rings. The normalized spacial score (nSPS) is 14.6. The number of nitrogens with zero attached hydrogens (tertiary/aromatic N) is 2. The van der Waals surface area contributed by atoms with Crippen molar-refractivity contribution in [2.45, 2.75) is 19.1 Å². The largest absolute Gasteiger partial charge is 0.397 e. The highest BCUT2D eigenvalue weighted by molar-refractivity contribution is 7.92. The van der Waals surface area contributed by atoms with E-state index in [0.29, 0.717) is 35.8 Å². The first-order valence-electron chi connectivity index (χ1n) is 6.27. The number of fused-ring (bicyclic) bond motifs is 1. The van der Waals surface area contributed by atoms with Crippen molar-refractivity contribution in [2.24, 2.45) is 0 Å². The fourth-order valence-corrected chi connectivity index (χ4v) is 4.02. The molecule has 6 nitrogen and oxygen atoms in total. The molecule has 7 heteroatoms.